The average Bonchev–Trinajstić information content (AvgIpc) is 3.68. The lowest BCUT2D eigenvalue weighted by atomic mass is 9.79. The molecule has 0 aliphatic carbocycles. The zero-order valence-corrected chi connectivity index (χ0v) is 26.0. The highest BCUT2D eigenvalue weighted by molar-refractivity contribution is 5.88. The number of aromatic nitrogens is 6. The Balaban J connectivity index is 1.44. The minimum Gasteiger partial charge on any atom is -0.495 e. The maximum Gasteiger partial charge on any atom is 0.359 e. The minimum absolute atomic E-state index is 0.164. The third kappa shape index (κ3) is 8.33. The summed E-state index contributed by atoms with van der Waals surface area (Å²) in [6.07, 6.45) is 1.47. The molecular formula is C32H32N6O8. The van der Waals surface area contributed by atoms with Crippen molar-refractivity contribution in [1.29, 1.82) is 0 Å². The van der Waals surface area contributed by atoms with E-state index in [1.54, 1.807) is 36.4 Å². The van der Waals surface area contributed by atoms with Crippen LogP contribution in [0.5, 0.6) is 34.8 Å². The van der Waals surface area contributed by atoms with E-state index >= 15 is 0 Å². The molecule has 4 rings (SSSR count). The molecule has 238 valence electrons. The van der Waals surface area contributed by atoms with Crippen LogP contribution >= 0.6 is 0 Å². The third-order valence-corrected chi connectivity index (χ3v) is 6.68. The summed E-state index contributed by atoms with van der Waals surface area (Å²) < 4.78 is 22.2. The van der Waals surface area contributed by atoms with Crippen molar-refractivity contribution in [3.05, 3.63) is 58.9 Å². The molecular weight excluding hydrogens is 596 g/mol. The monoisotopic (exact) mass is 628 g/mol. The molecule has 0 aliphatic rings. The van der Waals surface area contributed by atoms with E-state index in [2.05, 4.69) is 54.5 Å². The van der Waals surface area contributed by atoms with Crippen LogP contribution in [0, 0.1) is 34.5 Å². The van der Waals surface area contributed by atoms with Crippen molar-refractivity contribution in [3.63, 3.8) is 0 Å². The van der Waals surface area contributed by atoms with Crippen LogP contribution in [0.4, 0.5) is 0 Å². The van der Waals surface area contributed by atoms with Gasteiger partial charge in [-0.1, -0.05) is 44.3 Å². The lowest BCUT2D eigenvalue weighted by Crippen LogP contribution is -2.15. The topological polar surface area (TPSA) is 195 Å². The second-order valence-corrected chi connectivity index (χ2v) is 11.3. The van der Waals surface area contributed by atoms with Gasteiger partial charge in [-0.2, -0.15) is 0 Å². The number of carboxylic acids is 2. The van der Waals surface area contributed by atoms with Crippen LogP contribution in [0.15, 0.2) is 36.4 Å². The molecule has 4 aromatic rings. The molecule has 2 aromatic heterocycles. The summed E-state index contributed by atoms with van der Waals surface area (Å²) in [4.78, 5) is 22.6. The van der Waals surface area contributed by atoms with E-state index in [4.69, 9.17) is 18.9 Å². The van der Waals surface area contributed by atoms with Gasteiger partial charge in [0.25, 0.3) is 11.8 Å². The summed E-state index contributed by atoms with van der Waals surface area (Å²) in [7, 11) is 3.04. The molecule has 0 unspecified atom stereocenters. The molecule has 46 heavy (non-hydrogen) atoms. The van der Waals surface area contributed by atoms with Gasteiger partial charge in [-0.15, -0.1) is 0 Å². The number of aromatic amines is 2. The molecule has 2 heterocycles. The normalized spacial score (nSPS) is 11.0. The molecule has 0 aliphatic heterocycles. The Labute approximate surface area is 264 Å². The summed E-state index contributed by atoms with van der Waals surface area (Å²) in [5, 5.41) is 37.4. The second kappa shape index (κ2) is 13.7. The van der Waals surface area contributed by atoms with E-state index < -0.39 is 17.4 Å². The van der Waals surface area contributed by atoms with Crippen LogP contribution in [0.1, 0.15) is 72.6 Å². The highest BCUT2D eigenvalue weighted by atomic mass is 16.5. The first kappa shape index (κ1) is 32.9. The number of H-pyrrole nitrogens is 2. The van der Waals surface area contributed by atoms with Crippen molar-refractivity contribution < 1.29 is 38.7 Å². The predicted octanol–water partition coefficient (Wildman–Crippen LogP) is 5.16. The quantitative estimate of drug-likeness (QED) is 0.160. The molecule has 0 atom stereocenters. The first-order valence-corrected chi connectivity index (χ1v) is 13.9. The molecule has 0 bridgehead atoms. The molecule has 0 radical (unpaired) electrons. The molecule has 14 nitrogen and oxygen atoms in total. The summed E-state index contributed by atoms with van der Waals surface area (Å²) in [6, 6.07) is 9.92. The fourth-order valence-corrected chi connectivity index (χ4v) is 3.99. The van der Waals surface area contributed by atoms with E-state index in [0.29, 0.717) is 34.1 Å². The van der Waals surface area contributed by atoms with Gasteiger partial charge in [0.15, 0.2) is 0 Å². The number of carboxylic acid groups (broad SMARTS) is 2. The number of benzene rings is 2. The fraction of sp³-hybridized carbons (Fsp3) is 0.312. The van der Waals surface area contributed by atoms with Crippen molar-refractivity contribution in [2.75, 3.05) is 14.2 Å². The second-order valence-electron chi connectivity index (χ2n) is 11.3. The molecule has 2 aromatic carbocycles. The summed E-state index contributed by atoms with van der Waals surface area (Å²) >= 11 is 0. The van der Waals surface area contributed by atoms with Gasteiger partial charge in [0.1, 0.15) is 23.0 Å². The lowest BCUT2D eigenvalue weighted by molar-refractivity contribution is 0.0676. The number of methoxy groups -OCH3 is 2. The summed E-state index contributed by atoms with van der Waals surface area (Å²) in [5.41, 5.74) is -0.0979. The van der Waals surface area contributed by atoms with Crippen molar-refractivity contribution in [3.8, 4) is 58.4 Å². The van der Waals surface area contributed by atoms with E-state index in [1.807, 2.05) is 27.7 Å². The molecule has 0 fully saturated rings. The number of nitrogens with zero attached hydrogens (tertiary/aromatic N) is 4. The van der Waals surface area contributed by atoms with E-state index in [0.717, 1.165) is 12.8 Å². The number of nitrogens with one attached hydrogen (secondary N) is 2. The van der Waals surface area contributed by atoms with Crippen LogP contribution < -0.4 is 18.9 Å². The number of carbonyl (C=O) groups is 2. The SMILES string of the molecule is COc1ccc(Oc2nn[nH]c2C(=O)O)cc1C#CC(C)(C)CCC(C)(C)C#Cc1ccc(Oc2nn[nH]c2C(=O)O)cc1OC. The zero-order valence-electron chi connectivity index (χ0n) is 26.0. The molecule has 0 saturated carbocycles. The maximum absolute atomic E-state index is 11.3. The number of aromatic carboxylic acids is 2. The van der Waals surface area contributed by atoms with Crippen molar-refractivity contribution in [1.82, 2.24) is 30.8 Å². The van der Waals surface area contributed by atoms with Gasteiger partial charge >= 0.3 is 11.9 Å². The van der Waals surface area contributed by atoms with E-state index in [1.165, 1.54) is 14.2 Å². The van der Waals surface area contributed by atoms with Gasteiger partial charge in [-0.25, -0.2) is 19.8 Å². The average molecular weight is 629 g/mol. The number of hydrogen-bond donors (Lipinski definition) is 4. The molecule has 0 spiro atoms. The Morgan fingerprint density at radius 2 is 1.20 bits per heavy atom. The van der Waals surface area contributed by atoms with Gasteiger partial charge in [0, 0.05) is 23.0 Å². The van der Waals surface area contributed by atoms with Gasteiger partial charge < -0.3 is 29.2 Å². The van der Waals surface area contributed by atoms with Crippen LogP contribution in [0.2, 0.25) is 0 Å². The molecule has 0 amide bonds. The van der Waals surface area contributed by atoms with Crippen LogP contribution in [-0.2, 0) is 0 Å². The number of hydrogen-bond acceptors (Lipinski definition) is 10. The highest BCUT2D eigenvalue weighted by Crippen LogP contribution is 2.33. The van der Waals surface area contributed by atoms with Gasteiger partial charge in [0.05, 0.1) is 25.3 Å². The van der Waals surface area contributed by atoms with E-state index in [9.17, 15) is 19.8 Å². The summed E-state index contributed by atoms with van der Waals surface area (Å²) in [5.74, 6) is 11.8. The molecule has 4 N–H and O–H groups in total. The molecule has 0 saturated heterocycles. The Morgan fingerprint density at radius 3 is 1.70 bits per heavy atom. The maximum atomic E-state index is 11.3. The number of ether oxygens (including phenoxy) is 4. The predicted molar refractivity (Wildman–Crippen MR) is 163 cm³/mol. The zero-order chi connectivity index (χ0) is 33.5. The van der Waals surface area contributed by atoms with E-state index in [-0.39, 0.29) is 28.6 Å². The van der Waals surface area contributed by atoms with Crippen molar-refractivity contribution in [2.24, 2.45) is 10.8 Å². The highest BCUT2D eigenvalue weighted by Gasteiger charge is 2.23. The Kier molecular flexibility index (Phi) is 9.82. The fourth-order valence-electron chi connectivity index (χ4n) is 3.99. The first-order valence-electron chi connectivity index (χ1n) is 13.9. The van der Waals surface area contributed by atoms with Crippen molar-refractivity contribution in [2.45, 2.75) is 40.5 Å². The largest absolute Gasteiger partial charge is 0.495 e. The smallest absolute Gasteiger partial charge is 0.359 e. The molecule has 14 heteroatoms. The Bertz CT molecular complexity index is 1870. The summed E-state index contributed by atoms with van der Waals surface area (Å²) in [6.45, 7) is 8.17. The third-order valence-electron chi connectivity index (χ3n) is 6.68. The van der Waals surface area contributed by atoms with Crippen molar-refractivity contribution >= 4 is 11.9 Å². The van der Waals surface area contributed by atoms with Crippen LogP contribution in [0.25, 0.3) is 0 Å². The Hall–Kier alpha value is -6.02. The Morgan fingerprint density at radius 1 is 0.717 bits per heavy atom. The van der Waals surface area contributed by atoms with Gasteiger partial charge in [0.2, 0.25) is 11.4 Å². The van der Waals surface area contributed by atoms with Gasteiger partial charge in [-0.05, 0) is 64.8 Å². The number of rotatable bonds is 11. The lowest BCUT2D eigenvalue weighted by Gasteiger charge is -2.24. The first-order chi connectivity index (χ1) is 21.8. The van der Waals surface area contributed by atoms with Crippen LogP contribution in [0.3, 0.4) is 0 Å². The standard InChI is InChI=1S/C32H32N6O8/c1-31(2,13-11-19-7-8-22(18-24(19)44-6)46-28-26(30(41)42)34-38-36-28)15-16-32(3,4)14-12-20-17-21(9-10-23(20)43-5)45-27-25(29(39)40)33-37-35-27/h7-10,17-18H,15-16H2,1-6H3,(H,39,40)(H,41,42)(H,33,35,37)(H,34,36,38). The van der Waals surface area contributed by atoms with Crippen LogP contribution in [-0.4, -0.2) is 67.2 Å². The van der Waals surface area contributed by atoms with Gasteiger partial charge in [-0.3, -0.25) is 0 Å². The minimum atomic E-state index is -1.24.